The second kappa shape index (κ2) is 23.9. The van der Waals surface area contributed by atoms with Crippen molar-refractivity contribution in [3.63, 3.8) is 0 Å². The number of phenolic OH excluding ortho intramolecular Hbond substituents is 5. The average Bonchev–Trinajstić information content (AvgIpc) is 0.839. The molecule has 26 nitrogen and oxygen atoms in total. The standard InChI is InChI=1S/C62H51Cl2N7O19/c1-85-62(84)52-35-20-31(73)21-41(76)47(35)34-14-26(4-6-39(34)74)49-58(80)71-53(61(83)70-52)54(77)27-5-9-43(37(64)15-27)90-46-18-29-17-45(55(46)87-23-33-22-86-33)89-42-8-2-24(10-36(42)63)11-38-56(78)67-50(59(81)69-51(29)60(82)68-49)28-12-30(72)19-32(13-28)88-44-16-25(3-7-40(44)75)48(65)57(79)66-38/h2-10,12-21,33,38,48-54,72-77H,11,22-23,65H2,1H3,(H,66,79)(H,67,78)(H,68,82)(H,69,81)(H,70,83)(H,71,80)/t33-,38-,48+,49-,50+,51-,52-,53+,54-/m1/s1. The molecule has 7 aliphatic rings. The molecular weight excluding hydrogens is 1220 g/mol. The van der Waals surface area contributed by atoms with E-state index in [0.717, 1.165) is 43.5 Å². The molecule has 1 fully saturated rings. The van der Waals surface area contributed by atoms with E-state index in [1.165, 1.54) is 78.9 Å². The van der Waals surface area contributed by atoms with Gasteiger partial charge in [-0.25, -0.2) is 4.79 Å². The van der Waals surface area contributed by atoms with Gasteiger partial charge in [-0.15, -0.1) is 0 Å². The Hall–Kier alpha value is -10.5. The molecular formula is C62H51Cl2N7O19. The van der Waals surface area contributed by atoms with Gasteiger partial charge < -0.3 is 96.7 Å². The first-order valence-electron chi connectivity index (χ1n) is 27.5. The van der Waals surface area contributed by atoms with Gasteiger partial charge >= 0.3 is 5.97 Å². The number of carbonyl (C=O) groups is 7. The van der Waals surface area contributed by atoms with Crippen molar-refractivity contribution in [2.45, 2.75) is 60.9 Å². The molecule has 7 heterocycles. The minimum atomic E-state index is -2.13. The minimum absolute atomic E-state index is 0.0503. The number of hydrogen-bond donors (Lipinski definition) is 13. The summed E-state index contributed by atoms with van der Waals surface area (Å²) in [7, 11) is 0.977. The Labute approximate surface area is 518 Å². The van der Waals surface area contributed by atoms with E-state index >= 15 is 19.2 Å². The maximum Gasteiger partial charge on any atom is 0.333 e. The van der Waals surface area contributed by atoms with Crippen molar-refractivity contribution >= 4 is 64.6 Å². The largest absolute Gasteiger partial charge is 0.508 e. The summed E-state index contributed by atoms with van der Waals surface area (Å²) in [6, 6.07) is 9.95. The number of aliphatic hydroxyl groups excluding tert-OH is 1. The summed E-state index contributed by atoms with van der Waals surface area (Å²) >= 11 is 14.0. The number of nitrogens with one attached hydrogen (secondary N) is 6. The summed E-state index contributed by atoms with van der Waals surface area (Å²) in [5.41, 5.74) is 5.09. The fourth-order valence-corrected chi connectivity index (χ4v) is 11.3. The third kappa shape index (κ3) is 11.9. The van der Waals surface area contributed by atoms with Gasteiger partial charge in [0.25, 0.3) is 0 Å². The highest BCUT2D eigenvalue weighted by Gasteiger charge is 2.42. The van der Waals surface area contributed by atoms with Crippen LogP contribution in [-0.2, 0) is 49.5 Å². The zero-order valence-corrected chi connectivity index (χ0v) is 48.1. The van der Waals surface area contributed by atoms with Crippen molar-refractivity contribution in [3.05, 3.63) is 164 Å². The number of rotatable bonds is 4. The van der Waals surface area contributed by atoms with Gasteiger partial charge in [0.2, 0.25) is 41.2 Å². The number of esters is 1. The molecule has 1 saturated heterocycles. The molecule has 28 heteroatoms. The molecule has 0 radical (unpaired) electrons. The fraction of sp³-hybridized carbons (Fsp3) is 0.210. The van der Waals surface area contributed by atoms with Crippen LogP contribution < -0.4 is 56.6 Å². The quantitative estimate of drug-likeness (QED) is 0.0800. The van der Waals surface area contributed by atoms with Crippen LogP contribution in [0.2, 0.25) is 10.0 Å². The highest BCUT2D eigenvalue weighted by Crippen LogP contribution is 2.49. The third-order valence-electron chi connectivity index (χ3n) is 15.4. The van der Waals surface area contributed by atoms with Crippen molar-refractivity contribution in [1.82, 2.24) is 31.9 Å². The zero-order valence-electron chi connectivity index (χ0n) is 46.6. The molecule has 7 aromatic carbocycles. The summed E-state index contributed by atoms with van der Waals surface area (Å²) in [6.07, 6.45) is -2.80. The lowest BCUT2D eigenvalue weighted by Gasteiger charge is -2.31. The first kappa shape index (κ1) is 59.8. The maximum absolute atomic E-state index is 16.0. The van der Waals surface area contributed by atoms with E-state index in [2.05, 4.69) is 31.9 Å². The summed E-state index contributed by atoms with van der Waals surface area (Å²) < 4.78 is 36.1. The molecule has 7 aromatic rings. The SMILES string of the molecule is COC(=O)[C@@H]1NC(=O)[C@H]2NC(=O)[C@H](NC(=O)[C@@H]3NC(=O)[C@H]4NC(=O)[C@@H](Cc5ccc(c(Cl)c5)Oc5cc3cc(c5OC[C@H]3CO3)Oc3ccc(cc3Cl)[C@H]2O)NC(=O)[C@@H](N)c2ccc(O)c(c2)Oc2cc(O)cc4c2)c2ccc(O)c(c2)-c2c(O)cc(O)cc21. The first-order valence-corrected chi connectivity index (χ1v) is 28.3. The van der Waals surface area contributed by atoms with Crippen LogP contribution in [0.4, 0.5) is 0 Å². The van der Waals surface area contributed by atoms with Gasteiger partial charge in [0.05, 0.1) is 23.8 Å². The Morgan fingerprint density at radius 2 is 1.17 bits per heavy atom. The number of aliphatic hydroxyl groups is 1. The Balaban J connectivity index is 1.10. The number of methoxy groups -OCH3 is 1. The molecule has 0 saturated carbocycles. The van der Waals surface area contributed by atoms with Crippen LogP contribution in [0.5, 0.6) is 69.0 Å². The number of nitrogens with two attached hydrogens (primary N) is 1. The van der Waals surface area contributed by atoms with Gasteiger partial charge in [0.15, 0.2) is 29.0 Å². The van der Waals surface area contributed by atoms with E-state index in [4.69, 9.17) is 57.4 Å². The Bertz CT molecular complexity index is 4190. The van der Waals surface area contributed by atoms with Gasteiger partial charge in [-0.3, -0.25) is 28.8 Å². The average molecular weight is 1270 g/mol. The minimum Gasteiger partial charge on any atom is -0.508 e. The third-order valence-corrected chi connectivity index (χ3v) is 16.0. The monoisotopic (exact) mass is 1270 g/mol. The molecule has 14 rings (SSSR count). The van der Waals surface area contributed by atoms with Crippen LogP contribution in [0.3, 0.4) is 0 Å². The van der Waals surface area contributed by atoms with Gasteiger partial charge in [-0.05, 0) is 112 Å². The lowest BCUT2D eigenvalue weighted by Crippen LogP contribution is -2.55. The van der Waals surface area contributed by atoms with Crippen molar-refractivity contribution in [2.75, 3.05) is 20.3 Å². The number of epoxide rings is 1. The Morgan fingerprint density at radius 3 is 1.84 bits per heavy atom. The van der Waals surface area contributed by atoms with E-state index in [1.54, 1.807) is 0 Å². The van der Waals surface area contributed by atoms with E-state index < -0.39 is 125 Å². The number of carbonyl (C=O) groups excluding carboxylic acids is 7. The number of aromatic hydroxyl groups is 5. The highest BCUT2D eigenvalue weighted by atomic mass is 35.5. The summed E-state index contributed by atoms with van der Waals surface area (Å²) in [6.45, 7) is 0.206. The van der Waals surface area contributed by atoms with E-state index in [1.807, 2.05) is 0 Å². The predicted octanol–water partition coefficient (Wildman–Crippen LogP) is 5.15. The molecule has 0 unspecified atom stereocenters. The van der Waals surface area contributed by atoms with E-state index in [-0.39, 0.29) is 108 Å². The molecule has 6 amide bonds. The van der Waals surface area contributed by atoms with Crippen LogP contribution in [0.15, 0.2) is 115 Å². The second-order valence-electron chi connectivity index (χ2n) is 21.5. The normalized spacial score (nSPS) is 22.8. The van der Waals surface area contributed by atoms with Gasteiger partial charge in [0, 0.05) is 35.2 Å². The molecule has 0 spiro atoms. The Morgan fingerprint density at radius 1 is 0.567 bits per heavy atom. The number of phenols is 5. The van der Waals surface area contributed by atoms with Crippen molar-refractivity contribution < 1.29 is 92.6 Å². The van der Waals surface area contributed by atoms with Gasteiger partial charge in [-0.1, -0.05) is 47.5 Å². The van der Waals surface area contributed by atoms with Crippen LogP contribution >= 0.6 is 23.2 Å². The maximum atomic E-state index is 16.0. The molecule has 0 aromatic heterocycles. The smallest absolute Gasteiger partial charge is 0.333 e. The van der Waals surface area contributed by atoms with Crippen LogP contribution in [-0.4, -0.2) is 111 Å². The number of fused-ring (bicyclic) bond motifs is 14. The molecule has 90 heavy (non-hydrogen) atoms. The fourth-order valence-electron chi connectivity index (χ4n) is 10.8. The first-order chi connectivity index (χ1) is 43.1. The molecule has 7 aliphatic heterocycles. The van der Waals surface area contributed by atoms with Crippen LogP contribution in [0, 0.1) is 0 Å². The summed E-state index contributed by atoms with van der Waals surface area (Å²) in [5, 5.41) is 83.8. The lowest BCUT2D eigenvalue weighted by atomic mass is 9.89. The van der Waals surface area contributed by atoms with Crippen molar-refractivity contribution in [3.8, 4) is 80.1 Å². The Kier molecular flexibility index (Phi) is 15.9. The number of hydrogen-bond acceptors (Lipinski definition) is 20. The molecule has 0 aliphatic carbocycles. The van der Waals surface area contributed by atoms with Crippen molar-refractivity contribution in [1.29, 1.82) is 0 Å². The molecule has 462 valence electrons. The second-order valence-corrected chi connectivity index (χ2v) is 22.3. The number of halogens is 2. The summed E-state index contributed by atoms with van der Waals surface area (Å²) in [5.74, 6) is -12.4. The lowest BCUT2D eigenvalue weighted by molar-refractivity contribution is -0.146. The molecule has 17 bridgehead atoms. The number of amides is 6. The van der Waals surface area contributed by atoms with E-state index in [0.29, 0.717) is 12.2 Å². The predicted molar refractivity (Wildman–Crippen MR) is 313 cm³/mol. The van der Waals surface area contributed by atoms with E-state index in [9.17, 15) is 45.0 Å². The number of ether oxygens (including phenoxy) is 6. The zero-order chi connectivity index (χ0) is 63.6. The van der Waals surface area contributed by atoms with Crippen LogP contribution in [0.25, 0.3) is 11.1 Å². The summed E-state index contributed by atoms with van der Waals surface area (Å²) in [4.78, 5) is 105. The van der Waals surface area contributed by atoms with Crippen LogP contribution in [0.1, 0.15) is 75.3 Å². The topological polar surface area (TPSA) is 398 Å². The number of benzene rings is 7. The highest BCUT2D eigenvalue weighted by molar-refractivity contribution is 6.32. The van der Waals surface area contributed by atoms with Crippen molar-refractivity contribution in [2.24, 2.45) is 5.73 Å². The molecule has 14 N–H and O–H groups in total. The molecule has 9 atom stereocenters. The van der Waals surface area contributed by atoms with Gasteiger partial charge in [-0.2, -0.15) is 0 Å². The van der Waals surface area contributed by atoms with Gasteiger partial charge in [0.1, 0.15) is 95.3 Å².